The lowest BCUT2D eigenvalue weighted by molar-refractivity contribution is -0.147. The Morgan fingerprint density at radius 1 is 0.963 bits per heavy atom. The molecule has 0 aliphatic rings. The van der Waals surface area contributed by atoms with Gasteiger partial charge >= 0.3 is 12.0 Å². The fourth-order valence-electron chi connectivity index (χ4n) is 2.07. The lowest BCUT2D eigenvalue weighted by Gasteiger charge is -2.14. The predicted molar refractivity (Wildman–Crippen MR) is 94.2 cm³/mol. The van der Waals surface area contributed by atoms with E-state index in [1.54, 1.807) is 12.1 Å². The van der Waals surface area contributed by atoms with Crippen LogP contribution in [0, 0.1) is 0 Å². The Labute approximate surface area is 157 Å². The van der Waals surface area contributed by atoms with Crippen molar-refractivity contribution in [3.05, 3.63) is 17.7 Å². The quantitative estimate of drug-likeness (QED) is 0.436. The van der Waals surface area contributed by atoms with Crippen molar-refractivity contribution in [3.8, 4) is 17.2 Å². The van der Waals surface area contributed by atoms with Gasteiger partial charge in [-0.2, -0.15) is 0 Å². The zero-order valence-electron chi connectivity index (χ0n) is 15.7. The summed E-state index contributed by atoms with van der Waals surface area (Å²) in [6, 6.07) is 2.51. The maximum absolute atomic E-state index is 11.9. The lowest BCUT2D eigenvalue weighted by Crippen LogP contribution is -2.42. The predicted octanol–water partition coefficient (Wildman–Crippen LogP) is 0.270. The van der Waals surface area contributed by atoms with Crippen LogP contribution in [0.25, 0.3) is 0 Å². The fourth-order valence-corrected chi connectivity index (χ4v) is 2.07. The molecule has 2 N–H and O–H groups in total. The molecule has 10 nitrogen and oxygen atoms in total. The van der Waals surface area contributed by atoms with Gasteiger partial charge in [-0.15, -0.1) is 0 Å². The van der Waals surface area contributed by atoms with Crippen molar-refractivity contribution in [2.75, 3.05) is 48.2 Å². The maximum atomic E-state index is 11.9. The molecule has 0 unspecified atom stereocenters. The molecule has 0 aliphatic carbocycles. The first-order valence-electron chi connectivity index (χ1n) is 7.96. The average Bonchev–Trinajstić information content (AvgIpc) is 2.65. The highest BCUT2D eigenvalue weighted by atomic mass is 16.5. The molecule has 1 aromatic carbocycles. The number of carbonyl (C=O) groups is 3. The SMILES string of the molecule is COCCNC(=O)NC(=O)COC(=O)Cc1cc(OC)c(OC)c(OC)c1. The summed E-state index contributed by atoms with van der Waals surface area (Å²) >= 11 is 0. The van der Waals surface area contributed by atoms with Gasteiger partial charge in [-0.25, -0.2) is 4.79 Å². The molecule has 0 saturated carbocycles. The lowest BCUT2D eigenvalue weighted by atomic mass is 10.1. The number of urea groups is 1. The number of hydrogen-bond donors (Lipinski definition) is 2. The van der Waals surface area contributed by atoms with Gasteiger partial charge in [0.1, 0.15) is 0 Å². The summed E-state index contributed by atoms with van der Waals surface area (Å²) in [6.45, 7) is -0.0249. The second-order valence-corrected chi connectivity index (χ2v) is 5.17. The van der Waals surface area contributed by atoms with Crippen LogP contribution in [0.15, 0.2) is 12.1 Å². The molecule has 0 saturated heterocycles. The number of nitrogens with one attached hydrogen (secondary N) is 2. The van der Waals surface area contributed by atoms with Gasteiger partial charge in [0.15, 0.2) is 18.1 Å². The van der Waals surface area contributed by atoms with Crippen LogP contribution < -0.4 is 24.8 Å². The molecule has 0 aliphatic heterocycles. The summed E-state index contributed by atoms with van der Waals surface area (Å²) in [5, 5.41) is 4.43. The van der Waals surface area contributed by atoms with E-state index in [9.17, 15) is 14.4 Å². The topological polar surface area (TPSA) is 121 Å². The molecule has 27 heavy (non-hydrogen) atoms. The standard InChI is InChI=1S/C17H24N2O8/c1-23-6-5-18-17(22)19-14(20)10-27-15(21)9-11-7-12(24-2)16(26-4)13(8-11)25-3/h7-8H,5-6,9-10H2,1-4H3,(H2,18,19,20,22). The third kappa shape index (κ3) is 7.40. The largest absolute Gasteiger partial charge is 0.493 e. The molecule has 0 bridgehead atoms. The van der Waals surface area contributed by atoms with E-state index < -0.39 is 24.5 Å². The average molecular weight is 384 g/mol. The van der Waals surface area contributed by atoms with Gasteiger partial charge in [0.2, 0.25) is 5.75 Å². The van der Waals surface area contributed by atoms with E-state index in [0.29, 0.717) is 29.4 Å². The fraction of sp³-hybridized carbons (Fsp3) is 0.471. The molecular formula is C17H24N2O8. The van der Waals surface area contributed by atoms with Crippen molar-refractivity contribution in [2.24, 2.45) is 0 Å². The van der Waals surface area contributed by atoms with Crippen LogP contribution in [-0.2, 0) is 25.5 Å². The van der Waals surface area contributed by atoms with Crippen molar-refractivity contribution in [3.63, 3.8) is 0 Å². The normalized spacial score (nSPS) is 9.93. The summed E-state index contributed by atoms with van der Waals surface area (Å²) in [5.41, 5.74) is 0.548. The van der Waals surface area contributed by atoms with E-state index >= 15 is 0 Å². The van der Waals surface area contributed by atoms with Crippen LogP contribution in [-0.4, -0.2) is 66.1 Å². The number of ether oxygens (including phenoxy) is 5. The van der Waals surface area contributed by atoms with Crippen molar-refractivity contribution in [1.82, 2.24) is 10.6 Å². The van der Waals surface area contributed by atoms with Gasteiger partial charge in [-0.3, -0.25) is 14.9 Å². The Bertz CT molecular complexity index is 637. The summed E-state index contributed by atoms with van der Waals surface area (Å²) in [7, 11) is 5.87. The van der Waals surface area contributed by atoms with Crippen LogP contribution in [0.4, 0.5) is 4.79 Å². The first-order chi connectivity index (χ1) is 12.9. The van der Waals surface area contributed by atoms with Gasteiger partial charge in [0.05, 0.1) is 34.4 Å². The van der Waals surface area contributed by atoms with E-state index in [4.69, 9.17) is 23.7 Å². The van der Waals surface area contributed by atoms with Crippen LogP contribution in [0.3, 0.4) is 0 Å². The minimum absolute atomic E-state index is 0.121. The summed E-state index contributed by atoms with van der Waals surface area (Å²) in [4.78, 5) is 34.9. The van der Waals surface area contributed by atoms with Crippen molar-refractivity contribution in [1.29, 1.82) is 0 Å². The molecule has 10 heteroatoms. The molecule has 1 aromatic rings. The van der Waals surface area contributed by atoms with E-state index in [0.717, 1.165) is 0 Å². The number of carbonyl (C=O) groups excluding carboxylic acids is 3. The third-order valence-electron chi connectivity index (χ3n) is 3.28. The summed E-state index contributed by atoms with van der Waals surface area (Å²) < 4.78 is 25.2. The molecular weight excluding hydrogens is 360 g/mol. The van der Waals surface area contributed by atoms with E-state index in [1.165, 1.54) is 28.4 Å². The molecule has 1 rings (SSSR count). The summed E-state index contributed by atoms with van der Waals surface area (Å²) in [5.74, 6) is -0.214. The number of methoxy groups -OCH3 is 4. The monoisotopic (exact) mass is 384 g/mol. The number of imide groups is 1. The van der Waals surface area contributed by atoms with Crippen molar-refractivity contribution in [2.45, 2.75) is 6.42 Å². The number of esters is 1. The summed E-state index contributed by atoms with van der Waals surface area (Å²) in [6.07, 6.45) is -0.121. The zero-order chi connectivity index (χ0) is 20.2. The van der Waals surface area contributed by atoms with Crippen molar-refractivity contribution < 1.29 is 38.1 Å². The highest BCUT2D eigenvalue weighted by Crippen LogP contribution is 2.38. The first kappa shape index (κ1) is 22.0. The highest BCUT2D eigenvalue weighted by Gasteiger charge is 2.16. The number of benzene rings is 1. The van der Waals surface area contributed by atoms with Gasteiger partial charge in [-0.05, 0) is 17.7 Å². The molecule has 0 heterocycles. The molecule has 0 spiro atoms. The molecule has 150 valence electrons. The Hall–Kier alpha value is -3.01. The molecule has 0 aromatic heterocycles. The van der Waals surface area contributed by atoms with Gasteiger partial charge < -0.3 is 29.0 Å². The number of amides is 3. The molecule has 0 atom stereocenters. The second kappa shape index (κ2) is 11.6. The second-order valence-electron chi connectivity index (χ2n) is 5.17. The van der Waals surface area contributed by atoms with E-state index in [-0.39, 0.29) is 13.0 Å². The number of hydrogen-bond acceptors (Lipinski definition) is 8. The Kier molecular flexibility index (Phi) is 9.45. The molecule has 0 radical (unpaired) electrons. The van der Waals surface area contributed by atoms with Gasteiger partial charge in [-0.1, -0.05) is 0 Å². The van der Waals surface area contributed by atoms with Crippen LogP contribution in [0.5, 0.6) is 17.2 Å². The minimum atomic E-state index is -0.747. The zero-order valence-corrected chi connectivity index (χ0v) is 15.7. The maximum Gasteiger partial charge on any atom is 0.321 e. The minimum Gasteiger partial charge on any atom is -0.493 e. The Morgan fingerprint density at radius 3 is 2.11 bits per heavy atom. The molecule has 3 amide bonds. The van der Waals surface area contributed by atoms with Gasteiger partial charge in [0, 0.05) is 13.7 Å². The van der Waals surface area contributed by atoms with E-state index in [2.05, 4.69) is 5.32 Å². The Balaban J connectivity index is 2.55. The van der Waals surface area contributed by atoms with Gasteiger partial charge in [0.25, 0.3) is 5.91 Å². The van der Waals surface area contributed by atoms with Crippen molar-refractivity contribution >= 4 is 17.9 Å². The Morgan fingerprint density at radius 2 is 1.59 bits per heavy atom. The third-order valence-corrected chi connectivity index (χ3v) is 3.28. The van der Waals surface area contributed by atoms with Crippen LogP contribution >= 0.6 is 0 Å². The smallest absolute Gasteiger partial charge is 0.321 e. The number of rotatable bonds is 10. The van der Waals surface area contributed by atoms with E-state index in [1.807, 2.05) is 5.32 Å². The first-order valence-corrected chi connectivity index (χ1v) is 7.96. The van der Waals surface area contributed by atoms with Crippen LogP contribution in [0.2, 0.25) is 0 Å². The van der Waals surface area contributed by atoms with Crippen LogP contribution in [0.1, 0.15) is 5.56 Å². The molecule has 0 fully saturated rings. The highest BCUT2D eigenvalue weighted by molar-refractivity contribution is 5.95.